The number of nitrogens with zero attached hydrogens (tertiary/aromatic N) is 1. The van der Waals surface area contributed by atoms with Crippen molar-refractivity contribution in [3.63, 3.8) is 0 Å². The van der Waals surface area contributed by atoms with Crippen LogP contribution in [0.5, 0.6) is 11.5 Å². The topological polar surface area (TPSA) is 55.8 Å². The van der Waals surface area contributed by atoms with Gasteiger partial charge in [-0.1, -0.05) is 24.3 Å². The third-order valence-corrected chi connectivity index (χ3v) is 7.40. The normalized spacial score (nSPS) is 14.7. The molecule has 9 heteroatoms. The molecule has 1 saturated heterocycles. The number of imide groups is 1. The summed E-state index contributed by atoms with van der Waals surface area (Å²) in [5.74, 6) is 0.428. The lowest BCUT2D eigenvalue weighted by Gasteiger charge is -2.14. The number of carbonyl (C=O) groups is 2. The van der Waals surface area contributed by atoms with E-state index in [-0.39, 0.29) is 30.1 Å². The van der Waals surface area contributed by atoms with Crippen LogP contribution >= 0.6 is 56.9 Å². The molecule has 2 amide bonds. The Labute approximate surface area is 228 Å². The minimum absolute atomic E-state index is 0.232. The van der Waals surface area contributed by atoms with Crippen LogP contribution in [0.1, 0.15) is 16.7 Å². The standard InChI is InChI=1S/C25H18FI2NO4S/c1-32-21-11-17(10-20(28)23(21)33-14-16-2-6-18(26)7-3-16)12-22-24(30)29(25(31)34-22)13-15-4-8-19(27)9-5-15/h2-12H,13-14H2,1H3/b22-12-. The van der Waals surface area contributed by atoms with Crippen LogP contribution in [0.4, 0.5) is 9.18 Å². The van der Waals surface area contributed by atoms with Crippen molar-refractivity contribution in [1.29, 1.82) is 0 Å². The lowest BCUT2D eigenvalue weighted by atomic mass is 10.1. The lowest BCUT2D eigenvalue weighted by molar-refractivity contribution is -0.123. The Morgan fingerprint density at radius 2 is 1.68 bits per heavy atom. The van der Waals surface area contributed by atoms with Gasteiger partial charge in [0, 0.05) is 3.57 Å². The van der Waals surface area contributed by atoms with Gasteiger partial charge in [-0.3, -0.25) is 14.5 Å². The molecule has 0 bridgehead atoms. The van der Waals surface area contributed by atoms with Crippen molar-refractivity contribution >= 4 is 74.2 Å². The van der Waals surface area contributed by atoms with Crippen LogP contribution in [0.3, 0.4) is 0 Å². The molecular weight excluding hydrogens is 683 g/mol. The zero-order valence-corrected chi connectivity index (χ0v) is 23.0. The quantitative estimate of drug-likeness (QED) is 0.199. The maximum absolute atomic E-state index is 13.1. The largest absolute Gasteiger partial charge is 0.493 e. The van der Waals surface area contributed by atoms with Crippen molar-refractivity contribution in [2.45, 2.75) is 13.2 Å². The first kappa shape index (κ1) is 25.0. The lowest BCUT2D eigenvalue weighted by Crippen LogP contribution is -2.27. The van der Waals surface area contributed by atoms with Gasteiger partial charge in [0.15, 0.2) is 11.5 Å². The molecular formula is C25H18FI2NO4S. The molecule has 34 heavy (non-hydrogen) atoms. The number of ether oxygens (including phenoxy) is 2. The number of hydrogen-bond donors (Lipinski definition) is 0. The number of thioether (sulfide) groups is 1. The number of benzene rings is 3. The summed E-state index contributed by atoms with van der Waals surface area (Å²) in [4.78, 5) is 27.0. The van der Waals surface area contributed by atoms with Crippen LogP contribution in [-0.4, -0.2) is 23.2 Å². The number of methoxy groups -OCH3 is 1. The van der Waals surface area contributed by atoms with Gasteiger partial charge in [-0.25, -0.2) is 4.39 Å². The van der Waals surface area contributed by atoms with E-state index in [9.17, 15) is 14.0 Å². The monoisotopic (exact) mass is 701 g/mol. The van der Waals surface area contributed by atoms with Crippen molar-refractivity contribution < 1.29 is 23.5 Å². The average molecular weight is 701 g/mol. The van der Waals surface area contributed by atoms with Crippen molar-refractivity contribution in [2.24, 2.45) is 0 Å². The Morgan fingerprint density at radius 3 is 2.35 bits per heavy atom. The summed E-state index contributed by atoms with van der Waals surface area (Å²) in [5, 5.41) is -0.296. The van der Waals surface area contributed by atoms with E-state index >= 15 is 0 Å². The molecule has 0 saturated carbocycles. The van der Waals surface area contributed by atoms with Gasteiger partial charge in [-0.2, -0.15) is 0 Å². The van der Waals surface area contributed by atoms with Crippen molar-refractivity contribution in [3.8, 4) is 11.5 Å². The van der Waals surface area contributed by atoms with Crippen LogP contribution in [0.25, 0.3) is 6.08 Å². The Kier molecular flexibility index (Phi) is 8.14. The second-order valence-corrected chi connectivity index (χ2v) is 10.7. The summed E-state index contributed by atoms with van der Waals surface area (Å²) in [6, 6.07) is 17.4. The van der Waals surface area contributed by atoms with Crippen LogP contribution in [0, 0.1) is 13.0 Å². The molecule has 1 aliphatic heterocycles. The zero-order chi connectivity index (χ0) is 24.2. The van der Waals surface area contributed by atoms with Gasteiger partial charge in [-0.15, -0.1) is 0 Å². The maximum atomic E-state index is 13.1. The van der Waals surface area contributed by atoms with Crippen molar-refractivity contribution in [2.75, 3.05) is 7.11 Å². The highest BCUT2D eigenvalue weighted by Crippen LogP contribution is 2.38. The summed E-state index contributed by atoms with van der Waals surface area (Å²) in [6.45, 7) is 0.485. The Hall–Kier alpha value is -2.12. The van der Waals surface area contributed by atoms with E-state index in [1.54, 1.807) is 24.3 Å². The summed E-state index contributed by atoms with van der Waals surface area (Å²) in [6.07, 6.45) is 1.69. The molecule has 5 nitrogen and oxygen atoms in total. The highest BCUT2D eigenvalue weighted by Gasteiger charge is 2.35. The van der Waals surface area contributed by atoms with Gasteiger partial charge in [-0.05, 0) is 116 Å². The smallest absolute Gasteiger partial charge is 0.293 e. The Morgan fingerprint density at radius 1 is 1.00 bits per heavy atom. The van der Waals surface area contributed by atoms with Gasteiger partial charge in [0.25, 0.3) is 11.1 Å². The number of rotatable bonds is 7. The van der Waals surface area contributed by atoms with Crippen molar-refractivity contribution in [3.05, 3.63) is 95.2 Å². The van der Waals surface area contributed by atoms with Gasteiger partial charge >= 0.3 is 0 Å². The molecule has 1 heterocycles. The minimum Gasteiger partial charge on any atom is -0.493 e. The predicted molar refractivity (Wildman–Crippen MR) is 147 cm³/mol. The molecule has 0 aliphatic carbocycles. The Bertz CT molecular complexity index is 1260. The van der Waals surface area contributed by atoms with E-state index in [0.717, 1.165) is 35.6 Å². The summed E-state index contributed by atoms with van der Waals surface area (Å²) in [5.41, 5.74) is 2.43. The highest BCUT2D eigenvalue weighted by molar-refractivity contribution is 14.1. The average Bonchev–Trinajstić information content (AvgIpc) is 3.07. The van der Waals surface area contributed by atoms with Crippen LogP contribution in [-0.2, 0) is 17.9 Å². The second kappa shape index (κ2) is 11.1. The Balaban J connectivity index is 1.52. The highest BCUT2D eigenvalue weighted by atomic mass is 127. The van der Waals surface area contributed by atoms with Crippen molar-refractivity contribution in [1.82, 2.24) is 4.90 Å². The third-order valence-electron chi connectivity index (χ3n) is 4.97. The molecule has 0 N–H and O–H groups in total. The number of carbonyl (C=O) groups excluding carboxylic acids is 2. The molecule has 0 unspecified atom stereocenters. The minimum atomic E-state index is -0.320. The number of hydrogen-bond acceptors (Lipinski definition) is 5. The first-order valence-corrected chi connectivity index (χ1v) is 13.1. The SMILES string of the molecule is COc1cc(/C=C2\SC(=O)N(Cc3ccc(I)cc3)C2=O)cc(I)c1OCc1ccc(F)cc1. The fourth-order valence-electron chi connectivity index (χ4n) is 3.26. The first-order chi connectivity index (χ1) is 16.3. The van der Waals surface area contributed by atoms with Crippen LogP contribution < -0.4 is 9.47 Å². The summed E-state index contributed by atoms with van der Waals surface area (Å²) in [7, 11) is 1.54. The van der Waals surface area contributed by atoms with E-state index < -0.39 is 0 Å². The van der Waals surface area contributed by atoms with Gasteiger partial charge in [0.2, 0.25) is 0 Å². The van der Waals surface area contributed by atoms with Gasteiger partial charge in [0.1, 0.15) is 12.4 Å². The van der Waals surface area contributed by atoms with E-state index in [0.29, 0.717) is 16.4 Å². The maximum Gasteiger partial charge on any atom is 0.293 e. The molecule has 1 fully saturated rings. The first-order valence-electron chi connectivity index (χ1n) is 10.1. The summed E-state index contributed by atoms with van der Waals surface area (Å²) >= 11 is 5.27. The fourth-order valence-corrected chi connectivity index (χ4v) is 5.24. The van der Waals surface area contributed by atoms with Gasteiger partial charge in [0.05, 0.1) is 22.1 Å². The van der Waals surface area contributed by atoms with E-state index in [1.165, 1.54) is 24.1 Å². The van der Waals surface area contributed by atoms with Crippen LogP contribution in [0.15, 0.2) is 65.6 Å². The zero-order valence-electron chi connectivity index (χ0n) is 17.9. The molecule has 3 aromatic rings. The number of halogens is 3. The molecule has 174 valence electrons. The van der Waals surface area contributed by atoms with E-state index in [4.69, 9.17) is 9.47 Å². The molecule has 0 atom stereocenters. The third kappa shape index (κ3) is 5.92. The molecule has 1 aliphatic rings. The number of amides is 2. The van der Waals surface area contributed by atoms with Gasteiger partial charge < -0.3 is 9.47 Å². The molecule has 0 spiro atoms. The summed E-state index contributed by atoms with van der Waals surface area (Å²) < 4.78 is 26.4. The molecule has 3 aromatic carbocycles. The predicted octanol–water partition coefficient (Wildman–Crippen LogP) is 6.86. The second-order valence-electron chi connectivity index (χ2n) is 7.34. The van der Waals surface area contributed by atoms with E-state index in [1.807, 2.05) is 30.3 Å². The molecule has 0 aromatic heterocycles. The fraction of sp³-hybridized carbons (Fsp3) is 0.120. The van der Waals surface area contributed by atoms with E-state index in [2.05, 4.69) is 45.2 Å². The molecule has 0 radical (unpaired) electrons. The van der Waals surface area contributed by atoms with Crippen LogP contribution in [0.2, 0.25) is 0 Å². The molecule has 4 rings (SSSR count).